The lowest BCUT2D eigenvalue weighted by atomic mass is 10.0. The van der Waals surface area contributed by atoms with Gasteiger partial charge < -0.3 is 10.4 Å². The molecule has 16 heavy (non-hydrogen) atoms. The maximum absolute atomic E-state index is 11.9. The summed E-state index contributed by atoms with van der Waals surface area (Å²) < 4.78 is 0. The number of phenols is 1. The van der Waals surface area contributed by atoms with Crippen molar-refractivity contribution in [1.82, 2.24) is 0 Å². The van der Waals surface area contributed by atoms with Crippen LogP contribution in [0.5, 0.6) is 5.75 Å². The highest BCUT2D eigenvalue weighted by Gasteiger charge is 2.47. The second-order valence-electron chi connectivity index (χ2n) is 4.93. The highest BCUT2D eigenvalue weighted by atomic mass is 16.3. The second-order valence-corrected chi connectivity index (χ2v) is 4.93. The van der Waals surface area contributed by atoms with Gasteiger partial charge in [0.2, 0.25) is 5.91 Å². The van der Waals surface area contributed by atoms with E-state index in [1.807, 2.05) is 0 Å². The molecule has 1 aromatic rings. The molecule has 0 heterocycles. The number of nitrogens with one attached hydrogen (secondary N) is 1. The van der Waals surface area contributed by atoms with Crippen LogP contribution in [0.3, 0.4) is 0 Å². The van der Waals surface area contributed by atoms with Crippen molar-refractivity contribution in [3.63, 3.8) is 0 Å². The first-order valence-corrected chi connectivity index (χ1v) is 5.83. The minimum Gasteiger partial charge on any atom is -0.506 e. The average molecular weight is 217 g/mol. The van der Waals surface area contributed by atoms with Crippen LogP contribution >= 0.6 is 0 Å². The Balaban J connectivity index is 1.66. The molecule has 2 saturated carbocycles. The number of phenolic OH excluding ortho intramolecular Hbond substituents is 1. The van der Waals surface area contributed by atoms with Crippen LogP contribution in [0.15, 0.2) is 24.3 Å². The molecule has 84 valence electrons. The fraction of sp³-hybridized carbons (Fsp3) is 0.462. The van der Waals surface area contributed by atoms with Crippen LogP contribution in [-0.4, -0.2) is 11.0 Å². The molecular weight excluding hydrogens is 202 g/mol. The topological polar surface area (TPSA) is 49.3 Å². The molecule has 2 aliphatic carbocycles. The van der Waals surface area contributed by atoms with E-state index >= 15 is 0 Å². The van der Waals surface area contributed by atoms with E-state index in [0.717, 1.165) is 24.7 Å². The van der Waals surface area contributed by atoms with Gasteiger partial charge in [-0.2, -0.15) is 0 Å². The van der Waals surface area contributed by atoms with Crippen molar-refractivity contribution in [3.8, 4) is 5.75 Å². The zero-order chi connectivity index (χ0) is 11.1. The van der Waals surface area contributed by atoms with Crippen molar-refractivity contribution in [2.75, 3.05) is 5.32 Å². The Kier molecular flexibility index (Phi) is 2.13. The molecule has 1 amide bonds. The van der Waals surface area contributed by atoms with Crippen LogP contribution in [0, 0.1) is 17.8 Å². The van der Waals surface area contributed by atoms with Gasteiger partial charge in [-0.1, -0.05) is 12.1 Å². The Morgan fingerprint density at radius 2 is 1.88 bits per heavy atom. The number of hydrogen-bond donors (Lipinski definition) is 2. The Hall–Kier alpha value is -1.51. The molecule has 0 aromatic heterocycles. The normalized spacial score (nSPS) is 30.9. The maximum Gasteiger partial charge on any atom is 0.227 e. The first-order chi connectivity index (χ1) is 7.74. The molecule has 0 bridgehead atoms. The number of hydrogen-bond acceptors (Lipinski definition) is 2. The van der Waals surface area contributed by atoms with Crippen LogP contribution in [0.4, 0.5) is 5.69 Å². The quantitative estimate of drug-likeness (QED) is 0.747. The van der Waals surface area contributed by atoms with Crippen LogP contribution in [0.1, 0.15) is 19.3 Å². The minimum atomic E-state index is 0.0636. The molecular formula is C13H15NO2. The average Bonchev–Trinajstić information content (AvgIpc) is 2.89. The van der Waals surface area contributed by atoms with Gasteiger partial charge in [0.25, 0.3) is 0 Å². The van der Waals surface area contributed by atoms with Gasteiger partial charge in [-0.05, 0) is 43.2 Å². The Morgan fingerprint density at radius 3 is 2.56 bits per heavy atom. The Labute approximate surface area is 94.5 Å². The zero-order valence-electron chi connectivity index (χ0n) is 9.02. The number of para-hydroxylation sites is 2. The summed E-state index contributed by atoms with van der Waals surface area (Å²) in [6.07, 6.45) is 3.38. The van der Waals surface area contributed by atoms with Crippen molar-refractivity contribution in [2.24, 2.45) is 17.8 Å². The molecule has 0 radical (unpaired) electrons. The highest BCUT2D eigenvalue weighted by molar-refractivity contribution is 5.94. The van der Waals surface area contributed by atoms with Crippen molar-refractivity contribution >= 4 is 11.6 Å². The smallest absolute Gasteiger partial charge is 0.227 e. The predicted molar refractivity (Wildman–Crippen MR) is 61.1 cm³/mol. The monoisotopic (exact) mass is 217 g/mol. The van der Waals surface area contributed by atoms with Gasteiger partial charge in [0, 0.05) is 5.92 Å². The summed E-state index contributed by atoms with van der Waals surface area (Å²) in [5.41, 5.74) is 0.521. The third kappa shape index (κ3) is 1.66. The first kappa shape index (κ1) is 9.70. The SMILES string of the molecule is O=C(Nc1ccccc1O)C1CC2CC2C1. The van der Waals surface area contributed by atoms with Crippen LogP contribution in [0.2, 0.25) is 0 Å². The molecule has 3 heteroatoms. The number of aromatic hydroxyl groups is 1. The lowest BCUT2D eigenvalue weighted by Crippen LogP contribution is -2.21. The predicted octanol–water partition coefficient (Wildman–Crippen LogP) is 2.38. The van der Waals surface area contributed by atoms with Gasteiger partial charge in [0.05, 0.1) is 5.69 Å². The van der Waals surface area contributed by atoms with E-state index < -0.39 is 0 Å². The third-order valence-corrected chi connectivity index (χ3v) is 3.78. The molecule has 0 saturated heterocycles. The van der Waals surface area contributed by atoms with Crippen molar-refractivity contribution in [1.29, 1.82) is 0 Å². The Morgan fingerprint density at radius 1 is 1.19 bits per heavy atom. The van der Waals surface area contributed by atoms with E-state index in [-0.39, 0.29) is 17.6 Å². The number of carbonyl (C=O) groups excluding carboxylic acids is 1. The van der Waals surface area contributed by atoms with Gasteiger partial charge in [0.15, 0.2) is 0 Å². The van der Waals surface area contributed by atoms with Gasteiger partial charge in [-0.3, -0.25) is 4.79 Å². The minimum absolute atomic E-state index is 0.0636. The summed E-state index contributed by atoms with van der Waals surface area (Å²) >= 11 is 0. The number of carbonyl (C=O) groups is 1. The van der Waals surface area contributed by atoms with Crippen molar-refractivity contribution < 1.29 is 9.90 Å². The van der Waals surface area contributed by atoms with E-state index in [9.17, 15) is 9.90 Å². The molecule has 3 nitrogen and oxygen atoms in total. The zero-order valence-corrected chi connectivity index (χ0v) is 9.02. The van der Waals surface area contributed by atoms with Gasteiger partial charge in [-0.25, -0.2) is 0 Å². The molecule has 0 aliphatic heterocycles. The van der Waals surface area contributed by atoms with Crippen LogP contribution in [0.25, 0.3) is 0 Å². The van der Waals surface area contributed by atoms with E-state index in [4.69, 9.17) is 0 Å². The fourth-order valence-electron chi connectivity index (χ4n) is 2.74. The van der Waals surface area contributed by atoms with Crippen molar-refractivity contribution in [3.05, 3.63) is 24.3 Å². The first-order valence-electron chi connectivity index (χ1n) is 5.83. The summed E-state index contributed by atoms with van der Waals surface area (Å²) in [7, 11) is 0. The van der Waals surface area contributed by atoms with E-state index in [1.54, 1.807) is 24.3 Å². The van der Waals surface area contributed by atoms with Crippen LogP contribution < -0.4 is 5.32 Å². The molecule has 0 spiro atoms. The number of rotatable bonds is 2. The summed E-state index contributed by atoms with van der Waals surface area (Å²) in [6, 6.07) is 6.86. The molecule has 2 aliphatic rings. The summed E-state index contributed by atoms with van der Waals surface area (Å²) in [4.78, 5) is 11.9. The van der Waals surface area contributed by atoms with Crippen LogP contribution in [-0.2, 0) is 4.79 Å². The van der Waals surface area contributed by atoms with E-state index in [1.165, 1.54) is 6.42 Å². The Bertz CT molecular complexity index is 420. The molecule has 2 atom stereocenters. The largest absolute Gasteiger partial charge is 0.506 e. The third-order valence-electron chi connectivity index (χ3n) is 3.78. The lowest BCUT2D eigenvalue weighted by molar-refractivity contribution is -0.120. The highest BCUT2D eigenvalue weighted by Crippen LogP contribution is 2.54. The number of fused-ring (bicyclic) bond motifs is 1. The van der Waals surface area contributed by atoms with Gasteiger partial charge in [-0.15, -0.1) is 0 Å². The molecule has 1 aromatic carbocycles. The second kappa shape index (κ2) is 3.51. The number of benzene rings is 1. The standard InChI is InChI=1S/C13H15NO2/c15-12-4-2-1-3-11(12)14-13(16)10-6-8-5-9(8)7-10/h1-4,8-10,15H,5-7H2,(H,14,16). The number of amides is 1. The molecule has 2 N–H and O–H groups in total. The van der Waals surface area contributed by atoms with E-state index in [2.05, 4.69) is 5.32 Å². The summed E-state index contributed by atoms with van der Waals surface area (Å²) in [5.74, 6) is 1.97. The molecule has 3 rings (SSSR count). The summed E-state index contributed by atoms with van der Waals surface area (Å²) in [6.45, 7) is 0. The van der Waals surface area contributed by atoms with Gasteiger partial charge in [0.1, 0.15) is 5.75 Å². The maximum atomic E-state index is 11.9. The summed E-state index contributed by atoms with van der Waals surface area (Å²) in [5, 5.41) is 12.4. The lowest BCUT2D eigenvalue weighted by Gasteiger charge is -2.12. The fourth-order valence-corrected chi connectivity index (χ4v) is 2.74. The molecule has 2 fully saturated rings. The number of anilines is 1. The van der Waals surface area contributed by atoms with Gasteiger partial charge >= 0.3 is 0 Å². The van der Waals surface area contributed by atoms with Crippen molar-refractivity contribution in [2.45, 2.75) is 19.3 Å². The molecule has 2 unspecified atom stereocenters. The van der Waals surface area contributed by atoms with E-state index in [0.29, 0.717) is 5.69 Å².